The van der Waals surface area contributed by atoms with E-state index in [-0.39, 0.29) is 6.61 Å². The topological polar surface area (TPSA) is 20.2 Å². The van der Waals surface area contributed by atoms with Crippen LogP contribution in [0.2, 0.25) is 0 Å². The molecule has 1 N–H and O–H groups in total. The van der Waals surface area contributed by atoms with E-state index in [0.717, 1.165) is 23.8 Å². The number of allylic oxidation sites excluding steroid dienone is 2. The van der Waals surface area contributed by atoms with Crippen molar-refractivity contribution < 1.29 is 5.11 Å². The van der Waals surface area contributed by atoms with Crippen LogP contribution in [-0.4, -0.2) is 11.7 Å². The van der Waals surface area contributed by atoms with Crippen LogP contribution in [0.15, 0.2) is 23.8 Å². The maximum absolute atomic E-state index is 9.01. The van der Waals surface area contributed by atoms with Gasteiger partial charge >= 0.3 is 0 Å². The van der Waals surface area contributed by atoms with E-state index >= 15 is 0 Å². The van der Waals surface area contributed by atoms with Gasteiger partial charge < -0.3 is 5.11 Å². The second-order valence-electron chi connectivity index (χ2n) is 6.24. The first kappa shape index (κ1) is 12.9. The zero-order valence-electron chi connectivity index (χ0n) is 11.3. The molecule has 0 spiro atoms. The third kappa shape index (κ3) is 2.35. The minimum atomic E-state index is 0.198. The highest BCUT2D eigenvalue weighted by Crippen LogP contribution is 2.57. The predicted octanol–water partition coefficient (Wildman–Crippen LogP) is 4.09. The molecule has 3 aliphatic carbocycles. The lowest BCUT2D eigenvalue weighted by Crippen LogP contribution is -2.41. The molecule has 3 saturated carbocycles. The van der Waals surface area contributed by atoms with Crippen LogP contribution < -0.4 is 0 Å². The Hall–Kier alpha value is -0.560. The van der Waals surface area contributed by atoms with Crippen LogP contribution in [0.1, 0.15) is 52.4 Å². The van der Waals surface area contributed by atoms with E-state index in [2.05, 4.69) is 19.6 Å². The summed E-state index contributed by atoms with van der Waals surface area (Å²) in [5.74, 6) is 1.66. The van der Waals surface area contributed by atoms with E-state index in [1.807, 2.05) is 6.92 Å². The first-order valence-corrected chi connectivity index (χ1v) is 7.03. The standard InChI is InChI=1S/C16H26O/c1-12(11-17)5-4-10-16(3)13(2)14-6-8-15(16)9-7-14/h5,14-15,17H,2,4,6-11H2,1,3H3. The Labute approximate surface area is 106 Å². The highest BCUT2D eigenvalue weighted by Gasteiger charge is 2.46. The third-order valence-corrected chi connectivity index (χ3v) is 5.26. The van der Waals surface area contributed by atoms with Gasteiger partial charge in [-0.1, -0.05) is 30.7 Å². The number of rotatable bonds is 4. The van der Waals surface area contributed by atoms with E-state index in [9.17, 15) is 0 Å². The number of hydrogen-bond donors (Lipinski definition) is 1. The number of aliphatic hydroxyl groups is 1. The number of fused-ring (bicyclic) bond motifs is 3. The third-order valence-electron chi connectivity index (χ3n) is 5.26. The molecule has 0 radical (unpaired) electrons. The Balaban J connectivity index is 2.01. The summed E-state index contributed by atoms with van der Waals surface area (Å²) >= 11 is 0. The SMILES string of the molecule is C=C1C2CCC(CC2)C1(C)CCC=C(C)CO. The van der Waals surface area contributed by atoms with Crippen molar-refractivity contribution in [1.82, 2.24) is 0 Å². The molecule has 17 heavy (non-hydrogen) atoms. The molecule has 2 bridgehead atoms. The van der Waals surface area contributed by atoms with Crippen molar-refractivity contribution in [2.75, 3.05) is 6.61 Å². The highest BCUT2D eigenvalue weighted by molar-refractivity contribution is 5.21. The van der Waals surface area contributed by atoms with Gasteiger partial charge in [0.25, 0.3) is 0 Å². The lowest BCUT2D eigenvalue weighted by atomic mass is 9.53. The van der Waals surface area contributed by atoms with Crippen LogP contribution in [0.25, 0.3) is 0 Å². The van der Waals surface area contributed by atoms with Crippen LogP contribution in [0.3, 0.4) is 0 Å². The number of hydrogen-bond acceptors (Lipinski definition) is 1. The summed E-state index contributed by atoms with van der Waals surface area (Å²) in [7, 11) is 0. The van der Waals surface area contributed by atoms with Gasteiger partial charge in [0.1, 0.15) is 0 Å². The van der Waals surface area contributed by atoms with Crippen molar-refractivity contribution in [2.45, 2.75) is 52.4 Å². The minimum Gasteiger partial charge on any atom is -0.392 e. The number of aliphatic hydroxyl groups excluding tert-OH is 1. The van der Waals surface area contributed by atoms with Gasteiger partial charge in [-0.2, -0.15) is 0 Å². The molecule has 0 aromatic rings. The zero-order valence-corrected chi connectivity index (χ0v) is 11.3. The van der Waals surface area contributed by atoms with Crippen molar-refractivity contribution in [2.24, 2.45) is 17.3 Å². The fourth-order valence-corrected chi connectivity index (χ4v) is 3.86. The summed E-state index contributed by atoms with van der Waals surface area (Å²) in [4.78, 5) is 0. The molecule has 3 rings (SSSR count). The summed E-state index contributed by atoms with van der Waals surface area (Å²) in [6, 6.07) is 0. The van der Waals surface area contributed by atoms with Gasteiger partial charge in [-0.05, 0) is 62.7 Å². The first-order chi connectivity index (χ1) is 8.08. The molecule has 0 aliphatic heterocycles. The van der Waals surface area contributed by atoms with E-state index in [1.165, 1.54) is 37.7 Å². The molecule has 1 unspecified atom stereocenters. The van der Waals surface area contributed by atoms with Gasteiger partial charge in [0, 0.05) is 0 Å². The average Bonchev–Trinajstić information content (AvgIpc) is 2.36. The lowest BCUT2D eigenvalue weighted by Gasteiger charge is -2.52. The second kappa shape index (κ2) is 4.97. The monoisotopic (exact) mass is 234 g/mol. The Kier molecular flexibility index (Phi) is 3.77. The lowest BCUT2D eigenvalue weighted by molar-refractivity contribution is 0.0794. The Bertz CT molecular complexity index is 320. The predicted molar refractivity (Wildman–Crippen MR) is 72.8 cm³/mol. The summed E-state index contributed by atoms with van der Waals surface area (Å²) in [6.07, 6.45) is 10.1. The molecule has 3 aliphatic rings. The molecule has 0 saturated heterocycles. The maximum Gasteiger partial charge on any atom is 0.0639 e. The van der Waals surface area contributed by atoms with Crippen LogP contribution in [0, 0.1) is 17.3 Å². The van der Waals surface area contributed by atoms with Gasteiger partial charge in [-0.25, -0.2) is 0 Å². The molecular formula is C16H26O. The summed E-state index contributed by atoms with van der Waals surface area (Å²) < 4.78 is 0. The van der Waals surface area contributed by atoms with Crippen LogP contribution in [-0.2, 0) is 0 Å². The van der Waals surface area contributed by atoms with Gasteiger partial charge in [0.05, 0.1) is 6.61 Å². The van der Waals surface area contributed by atoms with Gasteiger partial charge in [-0.3, -0.25) is 0 Å². The Morgan fingerprint density at radius 3 is 2.59 bits per heavy atom. The van der Waals surface area contributed by atoms with Crippen LogP contribution >= 0.6 is 0 Å². The van der Waals surface area contributed by atoms with E-state index < -0.39 is 0 Å². The zero-order chi connectivity index (χ0) is 12.5. The molecule has 0 heterocycles. The van der Waals surface area contributed by atoms with Gasteiger partial charge in [0.15, 0.2) is 0 Å². The van der Waals surface area contributed by atoms with E-state index in [4.69, 9.17) is 5.11 Å². The Morgan fingerprint density at radius 2 is 2.06 bits per heavy atom. The Morgan fingerprint density at radius 1 is 1.41 bits per heavy atom. The fourth-order valence-electron chi connectivity index (χ4n) is 3.86. The molecule has 1 heteroatoms. The largest absolute Gasteiger partial charge is 0.392 e. The molecule has 1 nitrogen and oxygen atoms in total. The minimum absolute atomic E-state index is 0.198. The second-order valence-corrected chi connectivity index (χ2v) is 6.24. The molecule has 96 valence electrons. The van der Waals surface area contributed by atoms with Gasteiger partial charge in [-0.15, -0.1) is 0 Å². The molecule has 0 aromatic heterocycles. The first-order valence-electron chi connectivity index (χ1n) is 7.03. The van der Waals surface area contributed by atoms with Crippen molar-refractivity contribution >= 4 is 0 Å². The van der Waals surface area contributed by atoms with Crippen molar-refractivity contribution in [3.63, 3.8) is 0 Å². The van der Waals surface area contributed by atoms with E-state index in [1.54, 1.807) is 0 Å². The van der Waals surface area contributed by atoms with Crippen LogP contribution in [0.4, 0.5) is 0 Å². The molecule has 0 amide bonds. The van der Waals surface area contributed by atoms with Crippen molar-refractivity contribution in [1.29, 1.82) is 0 Å². The van der Waals surface area contributed by atoms with Crippen LogP contribution in [0.5, 0.6) is 0 Å². The summed E-state index contributed by atoms with van der Waals surface area (Å²) in [5.41, 5.74) is 2.99. The van der Waals surface area contributed by atoms with Gasteiger partial charge in [0.2, 0.25) is 0 Å². The van der Waals surface area contributed by atoms with Crippen molar-refractivity contribution in [3.05, 3.63) is 23.8 Å². The summed E-state index contributed by atoms with van der Waals surface area (Å²) in [6.45, 7) is 9.02. The average molecular weight is 234 g/mol. The molecular weight excluding hydrogens is 208 g/mol. The normalized spacial score (nSPS) is 37.6. The molecule has 3 fully saturated rings. The molecule has 1 atom stereocenters. The van der Waals surface area contributed by atoms with Crippen molar-refractivity contribution in [3.8, 4) is 0 Å². The smallest absolute Gasteiger partial charge is 0.0639 e. The fraction of sp³-hybridized carbons (Fsp3) is 0.750. The maximum atomic E-state index is 9.01. The van der Waals surface area contributed by atoms with E-state index in [0.29, 0.717) is 5.41 Å². The quantitative estimate of drug-likeness (QED) is 0.726. The summed E-state index contributed by atoms with van der Waals surface area (Å²) in [5, 5.41) is 9.01. The highest BCUT2D eigenvalue weighted by atomic mass is 16.3. The molecule has 0 aromatic carbocycles.